The standard InChI is InChI=1S/C15H19F3N4O3/c1-9(4-5-21-6-7-25-14(21)24)19-13(23)11-8-12(15(16,17)18)20-22(11)10-2-3-10/h8-10H,2-7H2,1H3,(H,19,23). The van der Waals surface area contributed by atoms with E-state index in [-0.39, 0.29) is 23.9 Å². The van der Waals surface area contributed by atoms with Gasteiger partial charge in [0.2, 0.25) is 0 Å². The highest BCUT2D eigenvalue weighted by Gasteiger charge is 2.38. The van der Waals surface area contributed by atoms with Crippen molar-refractivity contribution < 1.29 is 27.5 Å². The number of halogens is 3. The number of cyclic esters (lactones) is 1. The second kappa shape index (κ2) is 6.57. The predicted octanol–water partition coefficient (Wildman–Crippen LogP) is 2.20. The van der Waals surface area contributed by atoms with E-state index in [4.69, 9.17) is 4.74 Å². The van der Waals surface area contributed by atoms with Crippen molar-refractivity contribution >= 4 is 12.0 Å². The van der Waals surface area contributed by atoms with Crippen LogP contribution in [0, 0.1) is 0 Å². The lowest BCUT2D eigenvalue weighted by atomic mass is 10.2. The number of ether oxygens (including phenoxy) is 1. The van der Waals surface area contributed by atoms with Crippen molar-refractivity contribution in [3.8, 4) is 0 Å². The van der Waals surface area contributed by atoms with Gasteiger partial charge in [-0.05, 0) is 26.2 Å². The van der Waals surface area contributed by atoms with Crippen LogP contribution in [0.15, 0.2) is 6.07 Å². The SMILES string of the molecule is CC(CCN1CCOC1=O)NC(=O)c1cc(C(F)(F)F)nn1C1CC1. The summed E-state index contributed by atoms with van der Waals surface area (Å²) in [7, 11) is 0. The van der Waals surface area contributed by atoms with Crippen LogP contribution in [0.2, 0.25) is 0 Å². The minimum Gasteiger partial charge on any atom is -0.448 e. The molecule has 10 heteroatoms. The Balaban J connectivity index is 1.62. The van der Waals surface area contributed by atoms with Gasteiger partial charge in [0.25, 0.3) is 5.91 Å². The van der Waals surface area contributed by atoms with Gasteiger partial charge in [-0.2, -0.15) is 18.3 Å². The molecule has 0 aromatic carbocycles. The predicted molar refractivity (Wildman–Crippen MR) is 80.0 cm³/mol. The molecule has 0 bridgehead atoms. The maximum absolute atomic E-state index is 12.9. The van der Waals surface area contributed by atoms with Crippen LogP contribution in [0.25, 0.3) is 0 Å². The summed E-state index contributed by atoms with van der Waals surface area (Å²) in [6.07, 6.45) is -3.07. The zero-order valence-corrected chi connectivity index (χ0v) is 13.7. The summed E-state index contributed by atoms with van der Waals surface area (Å²) in [6.45, 7) is 3.00. The molecule has 3 rings (SSSR count). The van der Waals surface area contributed by atoms with Crippen LogP contribution in [0.4, 0.5) is 18.0 Å². The molecule has 1 aromatic rings. The molecular weight excluding hydrogens is 341 g/mol. The molecular formula is C15H19F3N4O3. The van der Waals surface area contributed by atoms with Gasteiger partial charge in [0, 0.05) is 18.7 Å². The van der Waals surface area contributed by atoms with Gasteiger partial charge in [0.15, 0.2) is 5.69 Å². The van der Waals surface area contributed by atoms with Gasteiger partial charge >= 0.3 is 12.3 Å². The molecule has 1 N–H and O–H groups in total. The average molecular weight is 360 g/mol. The number of aromatic nitrogens is 2. The first kappa shape index (κ1) is 17.6. The number of rotatable bonds is 6. The van der Waals surface area contributed by atoms with Crippen LogP contribution >= 0.6 is 0 Å². The Morgan fingerprint density at radius 2 is 2.20 bits per heavy atom. The van der Waals surface area contributed by atoms with Crippen LogP contribution in [0.3, 0.4) is 0 Å². The van der Waals surface area contributed by atoms with E-state index < -0.39 is 17.8 Å². The number of alkyl halides is 3. The van der Waals surface area contributed by atoms with Gasteiger partial charge in [-0.25, -0.2) is 4.79 Å². The van der Waals surface area contributed by atoms with Crippen molar-refractivity contribution in [2.24, 2.45) is 0 Å². The highest BCUT2D eigenvalue weighted by Crippen LogP contribution is 2.37. The zero-order chi connectivity index (χ0) is 18.2. The number of nitrogens with zero attached hydrogens (tertiary/aromatic N) is 3. The third kappa shape index (κ3) is 4.05. The second-order valence-electron chi connectivity index (χ2n) is 6.35. The quantitative estimate of drug-likeness (QED) is 0.844. The maximum atomic E-state index is 12.9. The first-order valence-electron chi connectivity index (χ1n) is 8.15. The number of nitrogens with one attached hydrogen (secondary N) is 1. The van der Waals surface area contributed by atoms with E-state index in [1.807, 2.05) is 0 Å². The summed E-state index contributed by atoms with van der Waals surface area (Å²) in [5, 5.41) is 6.23. The monoisotopic (exact) mass is 360 g/mol. The van der Waals surface area contributed by atoms with Gasteiger partial charge in [-0.15, -0.1) is 0 Å². The topological polar surface area (TPSA) is 76.5 Å². The molecule has 1 saturated carbocycles. The molecule has 1 aliphatic carbocycles. The fraction of sp³-hybridized carbons (Fsp3) is 0.667. The first-order chi connectivity index (χ1) is 11.8. The van der Waals surface area contributed by atoms with Gasteiger partial charge in [-0.1, -0.05) is 0 Å². The van der Waals surface area contributed by atoms with E-state index in [0.29, 0.717) is 39.0 Å². The molecule has 2 fully saturated rings. The third-order valence-electron chi connectivity index (χ3n) is 4.21. The lowest BCUT2D eigenvalue weighted by molar-refractivity contribution is -0.141. The van der Waals surface area contributed by atoms with Gasteiger partial charge in [0.1, 0.15) is 12.3 Å². The fourth-order valence-electron chi connectivity index (χ4n) is 2.65. The van der Waals surface area contributed by atoms with Crippen LogP contribution < -0.4 is 5.32 Å². The Morgan fingerprint density at radius 3 is 2.76 bits per heavy atom. The summed E-state index contributed by atoms with van der Waals surface area (Å²) in [4.78, 5) is 25.2. The van der Waals surface area contributed by atoms with E-state index >= 15 is 0 Å². The molecule has 2 aliphatic rings. The molecule has 0 radical (unpaired) electrons. The Hall–Kier alpha value is -2.26. The summed E-state index contributed by atoms with van der Waals surface area (Å²) in [5.41, 5.74) is -1.14. The number of carbonyl (C=O) groups excluding carboxylic acids is 2. The highest BCUT2D eigenvalue weighted by atomic mass is 19.4. The zero-order valence-electron chi connectivity index (χ0n) is 13.7. The van der Waals surface area contributed by atoms with E-state index in [1.54, 1.807) is 6.92 Å². The van der Waals surface area contributed by atoms with Crippen LogP contribution in [0.1, 0.15) is 48.4 Å². The number of hydrogen-bond acceptors (Lipinski definition) is 4. The van der Waals surface area contributed by atoms with Gasteiger partial charge < -0.3 is 15.0 Å². The smallest absolute Gasteiger partial charge is 0.435 e. The fourth-order valence-corrected chi connectivity index (χ4v) is 2.65. The van der Waals surface area contributed by atoms with Crippen molar-refractivity contribution in [1.29, 1.82) is 0 Å². The van der Waals surface area contributed by atoms with Crippen LogP contribution in [-0.4, -0.2) is 52.4 Å². The normalized spacial score (nSPS) is 19.0. The summed E-state index contributed by atoms with van der Waals surface area (Å²) >= 11 is 0. The molecule has 1 aromatic heterocycles. The molecule has 138 valence electrons. The Morgan fingerprint density at radius 1 is 1.48 bits per heavy atom. The maximum Gasteiger partial charge on any atom is 0.435 e. The van der Waals surface area contributed by atoms with Crippen molar-refractivity contribution in [2.45, 2.75) is 44.4 Å². The van der Waals surface area contributed by atoms with Gasteiger partial charge in [0.05, 0.1) is 12.6 Å². The van der Waals surface area contributed by atoms with Crippen molar-refractivity contribution in [2.75, 3.05) is 19.7 Å². The molecule has 1 unspecified atom stereocenters. The molecule has 1 saturated heterocycles. The third-order valence-corrected chi connectivity index (χ3v) is 4.21. The summed E-state index contributed by atoms with van der Waals surface area (Å²) in [5.74, 6) is -0.591. The molecule has 2 amide bonds. The van der Waals surface area contributed by atoms with Crippen molar-refractivity contribution in [3.05, 3.63) is 17.5 Å². The molecule has 1 aliphatic heterocycles. The molecule has 0 spiro atoms. The van der Waals surface area contributed by atoms with Gasteiger partial charge in [-0.3, -0.25) is 9.48 Å². The summed E-state index contributed by atoms with van der Waals surface area (Å²) < 4.78 is 44.6. The Labute approximate surface area is 142 Å². The van der Waals surface area contributed by atoms with Crippen molar-refractivity contribution in [3.63, 3.8) is 0 Å². The van der Waals surface area contributed by atoms with Crippen LogP contribution in [-0.2, 0) is 10.9 Å². The highest BCUT2D eigenvalue weighted by molar-refractivity contribution is 5.93. The lowest BCUT2D eigenvalue weighted by Gasteiger charge is -2.18. The number of hydrogen-bond donors (Lipinski definition) is 1. The average Bonchev–Trinajstić information content (AvgIpc) is 3.12. The van der Waals surface area contributed by atoms with Crippen molar-refractivity contribution in [1.82, 2.24) is 20.0 Å². The van der Waals surface area contributed by atoms with E-state index in [2.05, 4.69) is 10.4 Å². The Kier molecular flexibility index (Phi) is 4.61. The molecule has 25 heavy (non-hydrogen) atoms. The molecule has 2 heterocycles. The second-order valence-corrected chi connectivity index (χ2v) is 6.35. The molecule has 7 nitrogen and oxygen atoms in total. The van der Waals surface area contributed by atoms with Crippen LogP contribution in [0.5, 0.6) is 0 Å². The number of carbonyl (C=O) groups is 2. The summed E-state index contributed by atoms with van der Waals surface area (Å²) in [6, 6.07) is 0.336. The number of amides is 2. The molecule has 1 atom stereocenters. The largest absolute Gasteiger partial charge is 0.448 e. The Bertz CT molecular complexity index is 669. The lowest BCUT2D eigenvalue weighted by Crippen LogP contribution is -2.37. The minimum absolute atomic E-state index is 0.0812. The van der Waals surface area contributed by atoms with E-state index in [1.165, 1.54) is 9.58 Å². The minimum atomic E-state index is -4.59. The first-order valence-corrected chi connectivity index (χ1v) is 8.15. The van der Waals surface area contributed by atoms with E-state index in [9.17, 15) is 22.8 Å². The van der Waals surface area contributed by atoms with E-state index in [0.717, 1.165) is 6.07 Å².